The maximum atomic E-state index is 13.5. The number of benzene rings is 3. The van der Waals surface area contributed by atoms with Crippen molar-refractivity contribution in [1.29, 1.82) is 0 Å². The second kappa shape index (κ2) is 8.33. The number of nitro benzene ring substituents is 1. The van der Waals surface area contributed by atoms with Crippen LogP contribution in [-0.4, -0.2) is 30.1 Å². The molecule has 33 heavy (non-hydrogen) atoms. The van der Waals surface area contributed by atoms with Gasteiger partial charge in [-0.1, -0.05) is 60.7 Å². The van der Waals surface area contributed by atoms with Gasteiger partial charge in [-0.25, -0.2) is 0 Å². The summed E-state index contributed by atoms with van der Waals surface area (Å²) in [6, 6.07) is 24.0. The molecular formula is C26H24N2O5. The van der Waals surface area contributed by atoms with Crippen molar-refractivity contribution in [2.24, 2.45) is 5.92 Å². The molecule has 168 valence electrons. The number of fused-ring (bicyclic) bond motifs is 3. The number of carbonyl (C=O) groups excluding carboxylic acids is 1. The summed E-state index contributed by atoms with van der Waals surface area (Å²) >= 11 is 0. The number of nitrogens with one attached hydrogen (secondary N) is 1. The van der Waals surface area contributed by atoms with Gasteiger partial charge >= 0.3 is 5.97 Å². The maximum absolute atomic E-state index is 13.5. The van der Waals surface area contributed by atoms with Crippen LogP contribution in [0.3, 0.4) is 0 Å². The van der Waals surface area contributed by atoms with E-state index in [-0.39, 0.29) is 29.5 Å². The first-order chi connectivity index (χ1) is 16.0. The van der Waals surface area contributed by atoms with Crippen molar-refractivity contribution in [1.82, 2.24) is 5.32 Å². The Morgan fingerprint density at radius 3 is 2.48 bits per heavy atom. The lowest BCUT2D eigenvalue weighted by molar-refractivity contribution is -0.384. The monoisotopic (exact) mass is 444 g/mol. The lowest BCUT2D eigenvalue weighted by Crippen LogP contribution is -2.54. The van der Waals surface area contributed by atoms with E-state index in [1.165, 1.54) is 19.2 Å². The molecule has 5 rings (SSSR count). The smallest absolute Gasteiger partial charge is 0.327 e. The van der Waals surface area contributed by atoms with Crippen molar-refractivity contribution < 1.29 is 19.2 Å². The molecule has 7 heteroatoms. The van der Waals surface area contributed by atoms with E-state index in [1.807, 2.05) is 54.6 Å². The highest BCUT2D eigenvalue weighted by Gasteiger charge is 2.60. The number of para-hydroxylation sites is 1. The fraction of sp³-hybridized carbons (Fsp3) is 0.269. The number of non-ortho nitro benzene ring substituents is 1. The van der Waals surface area contributed by atoms with E-state index >= 15 is 0 Å². The van der Waals surface area contributed by atoms with Crippen molar-refractivity contribution in [2.75, 3.05) is 13.7 Å². The molecule has 1 saturated heterocycles. The minimum atomic E-state index is -1.07. The summed E-state index contributed by atoms with van der Waals surface area (Å²) in [5.41, 5.74) is 1.78. The van der Waals surface area contributed by atoms with Gasteiger partial charge in [0.05, 0.1) is 18.6 Å². The first-order valence-electron chi connectivity index (χ1n) is 10.9. The highest BCUT2D eigenvalue weighted by Crippen LogP contribution is 2.54. The molecule has 1 fully saturated rings. The molecule has 0 spiro atoms. The first kappa shape index (κ1) is 21.2. The quantitative estimate of drug-likeness (QED) is 0.361. The number of carbonyl (C=O) groups is 1. The number of rotatable bonds is 5. The number of methoxy groups -OCH3 is 1. The highest BCUT2D eigenvalue weighted by atomic mass is 16.6. The van der Waals surface area contributed by atoms with E-state index in [1.54, 1.807) is 12.1 Å². The summed E-state index contributed by atoms with van der Waals surface area (Å²) < 4.78 is 11.5. The van der Waals surface area contributed by atoms with Crippen LogP contribution >= 0.6 is 0 Å². The van der Waals surface area contributed by atoms with Crippen LogP contribution < -0.4 is 10.1 Å². The Balaban J connectivity index is 1.67. The van der Waals surface area contributed by atoms with Crippen LogP contribution in [0.4, 0.5) is 5.69 Å². The summed E-state index contributed by atoms with van der Waals surface area (Å²) in [5, 5.41) is 14.9. The van der Waals surface area contributed by atoms with E-state index in [2.05, 4.69) is 5.32 Å². The molecule has 0 unspecified atom stereocenters. The van der Waals surface area contributed by atoms with Crippen molar-refractivity contribution >= 4 is 11.7 Å². The third-order valence-corrected chi connectivity index (χ3v) is 6.82. The number of hydrogen-bond donors (Lipinski definition) is 1. The summed E-state index contributed by atoms with van der Waals surface area (Å²) in [7, 11) is 1.40. The molecule has 4 atom stereocenters. The second-order valence-electron chi connectivity index (χ2n) is 8.59. The molecule has 7 nitrogen and oxygen atoms in total. The van der Waals surface area contributed by atoms with Gasteiger partial charge < -0.3 is 9.47 Å². The van der Waals surface area contributed by atoms with Crippen LogP contribution in [0.5, 0.6) is 5.75 Å². The number of nitro groups is 1. The molecule has 2 aliphatic rings. The molecule has 0 saturated carbocycles. The highest BCUT2D eigenvalue weighted by molar-refractivity contribution is 5.84. The van der Waals surface area contributed by atoms with Crippen LogP contribution in [0.1, 0.15) is 28.7 Å². The van der Waals surface area contributed by atoms with Crippen LogP contribution in [-0.2, 0) is 16.0 Å². The topological polar surface area (TPSA) is 90.7 Å². The number of nitrogens with zero attached hydrogens (tertiary/aromatic N) is 1. The molecule has 0 radical (unpaired) electrons. The summed E-state index contributed by atoms with van der Waals surface area (Å²) in [5.74, 6) is 0.0594. The largest absolute Gasteiger partial charge is 0.493 e. The fourth-order valence-corrected chi connectivity index (χ4v) is 5.44. The van der Waals surface area contributed by atoms with Gasteiger partial charge in [-0.2, -0.15) is 0 Å². The molecule has 0 amide bonds. The second-order valence-corrected chi connectivity index (χ2v) is 8.59. The predicted molar refractivity (Wildman–Crippen MR) is 122 cm³/mol. The molecule has 3 aromatic rings. The van der Waals surface area contributed by atoms with Gasteiger partial charge in [-0.3, -0.25) is 20.2 Å². The van der Waals surface area contributed by atoms with Crippen molar-refractivity contribution in [3.05, 3.63) is 106 Å². The number of ether oxygens (including phenoxy) is 2. The SMILES string of the molecule is COC(=O)[C@@]1(Cc2ccccc2)N[C@H]2c3ccccc3OC[C@@H]2[C@H]1c1ccc([N+](=O)[O-])cc1. The molecule has 0 aromatic heterocycles. The van der Waals surface area contributed by atoms with Crippen LogP contribution in [0.15, 0.2) is 78.9 Å². The van der Waals surface area contributed by atoms with Crippen molar-refractivity contribution in [2.45, 2.75) is 23.9 Å². The van der Waals surface area contributed by atoms with E-state index in [9.17, 15) is 14.9 Å². The molecule has 0 aliphatic carbocycles. The lowest BCUT2D eigenvalue weighted by Gasteiger charge is -2.35. The third-order valence-electron chi connectivity index (χ3n) is 6.82. The van der Waals surface area contributed by atoms with E-state index in [0.717, 1.165) is 22.4 Å². The van der Waals surface area contributed by atoms with Crippen LogP contribution in [0, 0.1) is 16.0 Å². The van der Waals surface area contributed by atoms with E-state index in [0.29, 0.717) is 13.0 Å². The van der Waals surface area contributed by atoms with E-state index < -0.39 is 10.5 Å². The summed E-state index contributed by atoms with van der Waals surface area (Å²) in [6.45, 7) is 0.421. The predicted octanol–water partition coefficient (Wildman–Crippen LogP) is 4.19. The zero-order chi connectivity index (χ0) is 23.0. The average Bonchev–Trinajstić information content (AvgIpc) is 3.19. The Morgan fingerprint density at radius 2 is 1.79 bits per heavy atom. The van der Waals surface area contributed by atoms with E-state index in [4.69, 9.17) is 9.47 Å². The van der Waals surface area contributed by atoms with Gasteiger partial charge in [0.15, 0.2) is 0 Å². The van der Waals surface area contributed by atoms with Crippen molar-refractivity contribution in [3.63, 3.8) is 0 Å². The minimum absolute atomic E-state index is 0.0122. The Kier molecular flexibility index (Phi) is 5.34. The van der Waals surface area contributed by atoms with Gasteiger partial charge in [0, 0.05) is 42.0 Å². The number of esters is 1. The Morgan fingerprint density at radius 1 is 1.09 bits per heavy atom. The first-order valence-corrected chi connectivity index (χ1v) is 10.9. The normalized spacial score (nSPS) is 25.4. The lowest BCUT2D eigenvalue weighted by atomic mass is 9.71. The zero-order valence-electron chi connectivity index (χ0n) is 18.1. The minimum Gasteiger partial charge on any atom is -0.493 e. The van der Waals surface area contributed by atoms with Gasteiger partial charge in [0.25, 0.3) is 5.69 Å². The van der Waals surface area contributed by atoms with Crippen LogP contribution in [0.25, 0.3) is 0 Å². The summed E-state index contributed by atoms with van der Waals surface area (Å²) in [6.07, 6.45) is 0.414. The van der Waals surface area contributed by atoms with Gasteiger partial charge in [0.1, 0.15) is 11.3 Å². The Labute approximate surface area is 191 Å². The Hall–Kier alpha value is -3.71. The van der Waals surface area contributed by atoms with Gasteiger partial charge in [0.2, 0.25) is 0 Å². The standard InChI is InChI=1S/C26H24N2O5/c1-32-25(29)26(15-17-7-3-2-4-8-17)23(18-11-13-19(14-12-18)28(30)31)21-16-33-22-10-6-5-9-20(22)24(21)27-26/h2-14,21,23-24,27H,15-16H2,1H3/t21-,23-,24+,26+/m1/s1. The third kappa shape index (κ3) is 3.54. The zero-order valence-corrected chi connectivity index (χ0v) is 18.1. The van der Waals surface area contributed by atoms with Gasteiger partial charge in [-0.05, 0) is 17.2 Å². The van der Waals surface area contributed by atoms with Gasteiger partial charge in [-0.15, -0.1) is 0 Å². The molecule has 2 heterocycles. The summed E-state index contributed by atoms with van der Waals surface area (Å²) in [4.78, 5) is 24.3. The van der Waals surface area contributed by atoms with Crippen LogP contribution in [0.2, 0.25) is 0 Å². The fourth-order valence-electron chi connectivity index (χ4n) is 5.44. The number of hydrogen-bond acceptors (Lipinski definition) is 6. The molecule has 0 bridgehead atoms. The molecule has 1 N–H and O–H groups in total. The Bertz CT molecular complexity index is 1180. The molecule has 3 aromatic carbocycles. The molecular weight excluding hydrogens is 420 g/mol. The molecule has 2 aliphatic heterocycles. The average molecular weight is 444 g/mol. The maximum Gasteiger partial charge on any atom is 0.327 e. The van der Waals surface area contributed by atoms with Crippen molar-refractivity contribution in [3.8, 4) is 5.75 Å².